The van der Waals surface area contributed by atoms with Crippen molar-refractivity contribution in [2.45, 2.75) is 24.3 Å². The van der Waals surface area contributed by atoms with Gasteiger partial charge in [0.25, 0.3) is 0 Å². The molecule has 0 unspecified atom stereocenters. The van der Waals surface area contributed by atoms with Crippen molar-refractivity contribution in [2.75, 3.05) is 17.2 Å². The highest BCUT2D eigenvalue weighted by atomic mass is 35.5. The molecule has 2 aromatic heterocycles. The lowest BCUT2D eigenvalue weighted by molar-refractivity contribution is -0.118. The molecule has 0 fully saturated rings. The molecule has 0 radical (unpaired) electrons. The Morgan fingerprint density at radius 1 is 1.18 bits per heavy atom. The Bertz CT molecular complexity index is 1360. The molecule has 4 aromatic rings. The maximum Gasteiger partial charge on any atom is 0.228 e. The number of carbonyl (C=O) groups is 1. The number of halogens is 2. The van der Waals surface area contributed by atoms with Gasteiger partial charge in [0.05, 0.1) is 27.4 Å². The van der Waals surface area contributed by atoms with Crippen LogP contribution in [0.3, 0.4) is 0 Å². The summed E-state index contributed by atoms with van der Waals surface area (Å²) in [5, 5.41) is 5.04. The van der Waals surface area contributed by atoms with Gasteiger partial charge in [0.2, 0.25) is 5.91 Å². The number of sulfone groups is 1. The van der Waals surface area contributed by atoms with Gasteiger partial charge in [0, 0.05) is 30.4 Å². The summed E-state index contributed by atoms with van der Waals surface area (Å²) < 4.78 is 41.1. The third-order valence-electron chi connectivity index (χ3n) is 4.96. The van der Waals surface area contributed by atoms with Crippen molar-refractivity contribution >= 4 is 54.0 Å². The van der Waals surface area contributed by atoms with E-state index in [1.807, 2.05) is 0 Å². The molecule has 0 bridgehead atoms. The van der Waals surface area contributed by atoms with Gasteiger partial charge in [-0.3, -0.25) is 14.4 Å². The second-order valence-electron chi connectivity index (χ2n) is 7.30. The molecular formula is C22H20ClFN4O3S2. The number of aromatic nitrogens is 3. The normalized spacial score (nSPS) is 11.7. The predicted molar refractivity (Wildman–Crippen MR) is 127 cm³/mol. The minimum absolute atomic E-state index is 0.0240. The zero-order chi connectivity index (χ0) is 23.4. The van der Waals surface area contributed by atoms with Crippen molar-refractivity contribution < 1.29 is 17.6 Å². The van der Waals surface area contributed by atoms with Crippen LogP contribution in [0.5, 0.6) is 0 Å². The molecule has 0 saturated heterocycles. The highest BCUT2D eigenvalue weighted by Gasteiger charge is 2.22. The smallest absolute Gasteiger partial charge is 0.228 e. The van der Waals surface area contributed by atoms with Crippen LogP contribution in [0.25, 0.3) is 10.2 Å². The summed E-state index contributed by atoms with van der Waals surface area (Å²) in [5.74, 6) is -0.800. The van der Waals surface area contributed by atoms with Gasteiger partial charge in [0.15, 0.2) is 15.0 Å². The van der Waals surface area contributed by atoms with Crippen LogP contribution in [0.2, 0.25) is 5.02 Å². The maximum atomic E-state index is 13.6. The number of anilines is 1. The fourth-order valence-corrected chi connectivity index (χ4v) is 5.74. The van der Waals surface area contributed by atoms with E-state index in [1.165, 1.54) is 52.6 Å². The second-order valence-corrected chi connectivity index (χ2v) is 10.9. The number of carbonyl (C=O) groups excluding carboxylic acids is 1. The van der Waals surface area contributed by atoms with Crippen LogP contribution in [0.1, 0.15) is 12.8 Å². The Morgan fingerprint density at radius 3 is 2.70 bits per heavy atom. The summed E-state index contributed by atoms with van der Waals surface area (Å²) in [4.78, 5) is 19.3. The zero-order valence-corrected chi connectivity index (χ0v) is 19.8. The number of rotatable bonds is 9. The molecule has 0 saturated carbocycles. The summed E-state index contributed by atoms with van der Waals surface area (Å²) in [6.45, 7) is 0.735. The van der Waals surface area contributed by atoms with Crippen molar-refractivity contribution in [2.24, 2.45) is 0 Å². The molecular weight excluding hydrogens is 487 g/mol. The van der Waals surface area contributed by atoms with Crippen LogP contribution >= 0.6 is 22.9 Å². The van der Waals surface area contributed by atoms with Crippen molar-refractivity contribution in [3.63, 3.8) is 0 Å². The molecule has 11 heteroatoms. The first-order chi connectivity index (χ1) is 15.8. The molecule has 0 aliphatic heterocycles. The van der Waals surface area contributed by atoms with E-state index in [0.717, 1.165) is 0 Å². The average Bonchev–Trinajstić information content (AvgIpc) is 3.43. The maximum absolute atomic E-state index is 13.6. The Labute approximate surface area is 199 Å². The lowest BCUT2D eigenvalue weighted by Crippen LogP contribution is -2.34. The van der Waals surface area contributed by atoms with Gasteiger partial charge >= 0.3 is 0 Å². The minimum atomic E-state index is -3.53. The Kier molecular flexibility index (Phi) is 7.06. The quantitative estimate of drug-likeness (QED) is 0.332. The van der Waals surface area contributed by atoms with Crippen molar-refractivity contribution in [3.8, 4) is 0 Å². The fourth-order valence-electron chi connectivity index (χ4n) is 3.27. The van der Waals surface area contributed by atoms with E-state index in [4.69, 9.17) is 11.6 Å². The summed E-state index contributed by atoms with van der Waals surface area (Å²) in [6, 6.07) is 12.0. The summed E-state index contributed by atoms with van der Waals surface area (Å²) in [5.41, 5.74) is 0.596. The number of hydrogen-bond acceptors (Lipinski definition) is 6. The molecule has 0 aliphatic carbocycles. The first-order valence-corrected chi connectivity index (χ1v) is 13.0. The number of hydrogen-bond donors (Lipinski definition) is 0. The van der Waals surface area contributed by atoms with E-state index >= 15 is 0 Å². The van der Waals surface area contributed by atoms with E-state index in [-0.39, 0.29) is 35.2 Å². The largest absolute Gasteiger partial charge is 0.286 e. The van der Waals surface area contributed by atoms with Crippen LogP contribution in [0.4, 0.5) is 9.52 Å². The standard InChI is InChI=1S/C22H20ClFN4O3S2/c23-16-4-7-18(8-5-16)33(30,31)14-1-3-21(29)28(13-12-27-11-2-10-25-27)22-26-19-9-6-17(24)15-20(19)32-22/h2,4-11,15H,1,3,12-14H2. The van der Waals surface area contributed by atoms with E-state index in [2.05, 4.69) is 10.1 Å². The molecule has 0 atom stereocenters. The van der Waals surface area contributed by atoms with Gasteiger partial charge in [-0.25, -0.2) is 17.8 Å². The Morgan fingerprint density at radius 2 is 1.97 bits per heavy atom. The molecule has 7 nitrogen and oxygen atoms in total. The second kappa shape index (κ2) is 9.98. The molecule has 33 heavy (non-hydrogen) atoms. The van der Waals surface area contributed by atoms with Gasteiger partial charge < -0.3 is 0 Å². The highest BCUT2D eigenvalue weighted by molar-refractivity contribution is 7.91. The van der Waals surface area contributed by atoms with E-state index in [0.29, 0.717) is 33.5 Å². The fraction of sp³-hybridized carbons (Fsp3) is 0.227. The highest BCUT2D eigenvalue weighted by Crippen LogP contribution is 2.30. The number of benzene rings is 2. The Hall–Kier alpha value is -2.82. The SMILES string of the molecule is O=C(CCCS(=O)(=O)c1ccc(Cl)cc1)N(CCn1cccn1)c1nc2ccc(F)cc2s1. The summed E-state index contributed by atoms with van der Waals surface area (Å²) in [7, 11) is -3.53. The summed E-state index contributed by atoms with van der Waals surface area (Å²) in [6.07, 6.45) is 3.61. The van der Waals surface area contributed by atoms with Crippen LogP contribution in [-0.2, 0) is 21.2 Å². The van der Waals surface area contributed by atoms with Gasteiger partial charge in [-0.2, -0.15) is 5.10 Å². The zero-order valence-electron chi connectivity index (χ0n) is 17.4. The predicted octanol–water partition coefficient (Wildman–Crippen LogP) is 4.57. The van der Waals surface area contributed by atoms with E-state index < -0.39 is 9.84 Å². The first-order valence-electron chi connectivity index (χ1n) is 10.1. The van der Waals surface area contributed by atoms with Crippen LogP contribution in [0.15, 0.2) is 65.8 Å². The number of thiazole rings is 1. The molecule has 0 N–H and O–H groups in total. The third-order valence-corrected chi connectivity index (χ3v) is 8.07. The molecule has 0 aliphatic rings. The summed E-state index contributed by atoms with van der Waals surface area (Å²) >= 11 is 7.04. The van der Waals surface area contributed by atoms with Gasteiger partial charge in [-0.15, -0.1) is 0 Å². The average molecular weight is 507 g/mol. The van der Waals surface area contributed by atoms with Gasteiger partial charge in [-0.1, -0.05) is 22.9 Å². The topological polar surface area (TPSA) is 85.2 Å². The minimum Gasteiger partial charge on any atom is -0.286 e. The van der Waals surface area contributed by atoms with Crippen molar-refractivity contribution in [1.29, 1.82) is 0 Å². The number of nitrogens with zero attached hydrogens (tertiary/aromatic N) is 4. The van der Waals surface area contributed by atoms with Crippen LogP contribution in [0, 0.1) is 5.82 Å². The molecule has 2 aromatic carbocycles. The Balaban J connectivity index is 1.48. The first kappa shape index (κ1) is 23.3. The van der Waals surface area contributed by atoms with E-state index in [1.54, 1.807) is 29.2 Å². The van der Waals surface area contributed by atoms with E-state index in [9.17, 15) is 17.6 Å². The lowest BCUT2D eigenvalue weighted by Gasteiger charge is -2.20. The van der Waals surface area contributed by atoms with Crippen LogP contribution < -0.4 is 4.90 Å². The molecule has 172 valence electrons. The van der Waals surface area contributed by atoms with Gasteiger partial charge in [0.1, 0.15) is 5.82 Å². The molecule has 4 rings (SSSR count). The molecule has 1 amide bonds. The molecule has 0 spiro atoms. The molecule has 2 heterocycles. The van der Waals surface area contributed by atoms with Crippen LogP contribution in [-0.4, -0.2) is 41.4 Å². The lowest BCUT2D eigenvalue weighted by atomic mass is 10.3. The number of amides is 1. The number of fused-ring (bicyclic) bond motifs is 1. The monoisotopic (exact) mass is 506 g/mol. The van der Waals surface area contributed by atoms with Crippen molar-refractivity contribution in [3.05, 3.63) is 71.8 Å². The van der Waals surface area contributed by atoms with Crippen molar-refractivity contribution in [1.82, 2.24) is 14.8 Å². The third kappa shape index (κ3) is 5.76. The van der Waals surface area contributed by atoms with Gasteiger partial charge in [-0.05, 0) is 55.0 Å².